The lowest BCUT2D eigenvalue weighted by atomic mass is 9.99. The molecule has 0 saturated carbocycles. The van der Waals surface area contributed by atoms with E-state index in [9.17, 15) is 0 Å². The van der Waals surface area contributed by atoms with Crippen molar-refractivity contribution in [3.8, 4) is 0 Å². The van der Waals surface area contributed by atoms with Gasteiger partial charge < -0.3 is 10.6 Å². The minimum absolute atomic E-state index is 0.764. The number of thioether (sulfide) groups is 1. The van der Waals surface area contributed by atoms with E-state index < -0.39 is 0 Å². The molecule has 1 aliphatic rings. The highest BCUT2D eigenvalue weighted by atomic mass is 32.2. The molecule has 0 aromatic carbocycles. The lowest BCUT2D eigenvalue weighted by Gasteiger charge is -2.21. The molecule has 1 fully saturated rings. The number of rotatable bonds is 8. The monoisotopic (exact) mass is 244 g/mol. The molecule has 0 aromatic heterocycles. The summed E-state index contributed by atoms with van der Waals surface area (Å²) in [6, 6.07) is 0. The van der Waals surface area contributed by atoms with Crippen molar-refractivity contribution < 1.29 is 0 Å². The Morgan fingerprint density at radius 1 is 1.06 bits per heavy atom. The molecule has 1 aliphatic heterocycles. The highest BCUT2D eigenvalue weighted by Gasteiger charge is 2.12. The third-order valence-electron chi connectivity index (χ3n) is 3.10. The molecule has 2 nitrogen and oxygen atoms in total. The Bertz CT molecular complexity index is 156. The highest BCUT2D eigenvalue weighted by molar-refractivity contribution is 7.99. The fourth-order valence-corrected chi connectivity index (χ4v) is 3.24. The highest BCUT2D eigenvalue weighted by Crippen LogP contribution is 2.24. The van der Waals surface area contributed by atoms with E-state index in [-0.39, 0.29) is 0 Å². The van der Waals surface area contributed by atoms with E-state index in [1.54, 1.807) is 0 Å². The van der Waals surface area contributed by atoms with Crippen LogP contribution >= 0.6 is 11.8 Å². The van der Waals surface area contributed by atoms with Crippen LogP contribution in [0.1, 0.15) is 33.1 Å². The second kappa shape index (κ2) is 9.32. The predicted octanol–water partition coefficient (Wildman–Crippen LogP) is 2.35. The van der Waals surface area contributed by atoms with E-state index in [0.29, 0.717) is 0 Å². The van der Waals surface area contributed by atoms with Crippen LogP contribution < -0.4 is 10.6 Å². The van der Waals surface area contributed by atoms with E-state index in [0.717, 1.165) is 31.5 Å². The van der Waals surface area contributed by atoms with Crippen LogP contribution in [-0.2, 0) is 0 Å². The Hall–Kier alpha value is 0.270. The molecular formula is C13H28N2S. The summed E-state index contributed by atoms with van der Waals surface area (Å²) in [5.41, 5.74) is 0. The van der Waals surface area contributed by atoms with Gasteiger partial charge in [-0.1, -0.05) is 13.8 Å². The normalized spacial score (nSPS) is 18.2. The first kappa shape index (κ1) is 14.3. The van der Waals surface area contributed by atoms with Gasteiger partial charge in [-0.05, 0) is 55.7 Å². The first-order valence-corrected chi connectivity index (χ1v) is 7.93. The smallest absolute Gasteiger partial charge is 0.00768 e. The minimum Gasteiger partial charge on any atom is -0.315 e. The summed E-state index contributed by atoms with van der Waals surface area (Å²) in [6.07, 6.45) is 4.26. The number of hydrogen-bond donors (Lipinski definition) is 2. The molecule has 0 atom stereocenters. The van der Waals surface area contributed by atoms with E-state index in [4.69, 9.17) is 0 Å². The summed E-state index contributed by atoms with van der Waals surface area (Å²) in [6.45, 7) is 9.08. The first-order chi connectivity index (χ1) is 7.79. The lowest BCUT2D eigenvalue weighted by molar-refractivity contribution is 0.434. The topological polar surface area (TPSA) is 24.1 Å². The average Bonchev–Trinajstić information content (AvgIpc) is 2.29. The van der Waals surface area contributed by atoms with Gasteiger partial charge in [-0.2, -0.15) is 11.8 Å². The molecule has 96 valence electrons. The summed E-state index contributed by atoms with van der Waals surface area (Å²) in [5, 5.41) is 6.99. The molecule has 0 radical (unpaired) electrons. The Balaban J connectivity index is 1.80. The van der Waals surface area contributed by atoms with Crippen LogP contribution in [0.5, 0.6) is 0 Å². The van der Waals surface area contributed by atoms with Gasteiger partial charge in [0.2, 0.25) is 0 Å². The molecule has 3 heteroatoms. The summed E-state index contributed by atoms with van der Waals surface area (Å²) in [7, 11) is 0. The molecule has 0 amide bonds. The minimum atomic E-state index is 0.764. The van der Waals surface area contributed by atoms with Crippen molar-refractivity contribution in [1.29, 1.82) is 0 Å². The van der Waals surface area contributed by atoms with E-state index in [1.165, 1.54) is 37.3 Å². The Morgan fingerprint density at radius 3 is 2.44 bits per heavy atom. The summed E-state index contributed by atoms with van der Waals surface area (Å²) < 4.78 is 0. The quantitative estimate of drug-likeness (QED) is 0.641. The second-order valence-corrected chi connectivity index (χ2v) is 6.42. The average molecular weight is 244 g/mol. The molecule has 1 heterocycles. The van der Waals surface area contributed by atoms with E-state index in [2.05, 4.69) is 36.2 Å². The van der Waals surface area contributed by atoms with E-state index in [1.807, 2.05) is 0 Å². The van der Waals surface area contributed by atoms with Crippen LogP contribution in [-0.4, -0.2) is 37.7 Å². The third kappa shape index (κ3) is 7.53. The van der Waals surface area contributed by atoms with Gasteiger partial charge in [-0.25, -0.2) is 0 Å². The van der Waals surface area contributed by atoms with Gasteiger partial charge in [0.15, 0.2) is 0 Å². The summed E-state index contributed by atoms with van der Waals surface area (Å²) >= 11 is 2.12. The zero-order valence-corrected chi connectivity index (χ0v) is 11.7. The van der Waals surface area contributed by atoms with Crippen molar-refractivity contribution in [2.75, 3.05) is 37.7 Å². The number of hydrogen-bond acceptors (Lipinski definition) is 3. The number of nitrogens with one attached hydrogen (secondary N) is 2. The van der Waals surface area contributed by atoms with Crippen molar-refractivity contribution in [1.82, 2.24) is 10.6 Å². The summed E-state index contributed by atoms with van der Waals surface area (Å²) in [5.74, 6) is 4.54. The molecule has 1 saturated heterocycles. The zero-order valence-electron chi connectivity index (χ0n) is 10.9. The largest absolute Gasteiger partial charge is 0.315 e. The molecule has 0 bridgehead atoms. The molecule has 2 N–H and O–H groups in total. The van der Waals surface area contributed by atoms with E-state index >= 15 is 0 Å². The molecular weight excluding hydrogens is 216 g/mol. The van der Waals surface area contributed by atoms with Crippen LogP contribution in [0, 0.1) is 11.8 Å². The predicted molar refractivity (Wildman–Crippen MR) is 75.2 cm³/mol. The van der Waals surface area contributed by atoms with Crippen molar-refractivity contribution in [3.05, 3.63) is 0 Å². The Labute approximate surface area is 105 Å². The van der Waals surface area contributed by atoms with Gasteiger partial charge in [-0.3, -0.25) is 0 Å². The Morgan fingerprint density at radius 2 is 1.75 bits per heavy atom. The SMILES string of the molecule is CC(C)CNCCNCCC1CCSCC1. The summed E-state index contributed by atoms with van der Waals surface area (Å²) in [4.78, 5) is 0. The molecule has 0 aromatic rings. The molecule has 0 unspecified atom stereocenters. The van der Waals surface area contributed by atoms with Crippen molar-refractivity contribution in [3.63, 3.8) is 0 Å². The van der Waals surface area contributed by atoms with Crippen LogP contribution in [0.3, 0.4) is 0 Å². The van der Waals surface area contributed by atoms with Crippen LogP contribution in [0.15, 0.2) is 0 Å². The third-order valence-corrected chi connectivity index (χ3v) is 4.15. The van der Waals surface area contributed by atoms with Gasteiger partial charge in [-0.15, -0.1) is 0 Å². The molecule has 0 spiro atoms. The standard InChI is InChI=1S/C13H28N2S/c1-12(2)11-15-8-7-14-6-3-13-4-9-16-10-5-13/h12-15H,3-11H2,1-2H3. The maximum Gasteiger partial charge on any atom is 0.00768 e. The van der Waals surface area contributed by atoms with Crippen LogP contribution in [0.2, 0.25) is 0 Å². The maximum absolute atomic E-state index is 3.54. The van der Waals surface area contributed by atoms with Gasteiger partial charge >= 0.3 is 0 Å². The van der Waals surface area contributed by atoms with Gasteiger partial charge in [0, 0.05) is 13.1 Å². The first-order valence-electron chi connectivity index (χ1n) is 6.78. The maximum atomic E-state index is 3.54. The van der Waals surface area contributed by atoms with Crippen LogP contribution in [0.4, 0.5) is 0 Å². The van der Waals surface area contributed by atoms with Gasteiger partial charge in [0.25, 0.3) is 0 Å². The zero-order chi connectivity index (χ0) is 11.6. The van der Waals surface area contributed by atoms with Crippen molar-refractivity contribution >= 4 is 11.8 Å². The van der Waals surface area contributed by atoms with Crippen molar-refractivity contribution in [2.24, 2.45) is 11.8 Å². The van der Waals surface area contributed by atoms with Crippen LogP contribution in [0.25, 0.3) is 0 Å². The van der Waals surface area contributed by atoms with Gasteiger partial charge in [0.1, 0.15) is 0 Å². The van der Waals surface area contributed by atoms with Crippen molar-refractivity contribution in [2.45, 2.75) is 33.1 Å². The fourth-order valence-electron chi connectivity index (χ4n) is 2.03. The molecule has 0 aliphatic carbocycles. The molecule has 1 rings (SSSR count). The Kier molecular flexibility index (Phi) is 8.34. The fraction of sp³-hybridized carbons (Fsp3) is 1.00. The lowest BCUT2D eigenvalue weighted by Crippen LogP contribution is -2.30. The van der Waals surface area contributed by atoms with Gasteiger partial charge in [0.05, 0.1) is 0 Å². The second-order valence-electron chi connectivity index (χ2n) is 5.19. The molecule has 16 heavy (non-hydrogen) atoms.